The van der Waals surface area contributed by atoms with E-state index in [1.54, 1.807) is 13.2 Å². The average molecular weight is 436 g/mol. The number of hydrogen-bond donors (Lipinski definition) is 3. The number of amides is 1. The molecule has 0 aromatic heterocycles. The van der Waals surface area contributed by atoms with Gasteiger partial charge in [-0.05, 0) is 31.0 Å². The average Bonchev–Trinajstić information content (AvgIpc) is 3.16. The van der Waals surface area contributed by atoms with Crippen molar-refractivity contribution < 1.29 is 22.7 Å². The normalized spacial score (nSPS) is 14.5. The molecule has 1 aliphatic rings. The van der Waals surface area contributed by atoms with Gasteiger partial charge in [-0.1, -0.05) is 12.8 Å². The summed E-state index contributed by atoms with van der Waals surface area (Å²) < 4.78 is 38.4. The summed E-state index contributed by atoms with van der Waals surface area (Å²) in [6, 6.07) is 4.37. The lowest BCUT2D eigenvalue weighted by atomic mass is 10.2. The molecule has 1 fully saturated rings. The number of benzene rings is 1. The maximum Gasteiger partial charge on any atom is 0.251 e. The molecule has 0 atom stereocenters. The lowest BCUT2D eigenvalue weighted by Gasteiger charge is -2.16. The maximum absolute atomic E-state index is 12.8. The van der Waals surface area contributed by atoms with Crippen molar-refractivity contribution in [1.82, 2.24) is 15.4 Å². The molecule has 0 radical (unpaired) electrons. The standard InChI is InChI=1S/C18H29N3O5S.ClH/c1-25-12-11-19-9-10-20-18(22)14-7-8-16(26-2)17(13-14)27(23,24)21-15-5-3-4-6-15;/h7-8,13,15,19,21H,3-6,9-12H2,1-2H3,(H,20,22);1H. The second-order valence-electron chi connectivity index (χ2n) is 6.47. The molecular weight excluding hydrogens is 406 g/mol. The topological polar surface area (TPSA) is 106 Å². The highest BCUT2D eigenvalue weighted by molar-refractivity contribution is 7.89. The minimum Gasteiger partial charge on any atom is -0.495 e. The van der Waals surface area contributed by atoms with Gasteiger partial charge >= 0.3 is 0 Å². The molecule has 2 rings (SSSR count). The fourth-order valence-electron chi connectivity index (χ4n) is 3.02. The van der Waals surface area contributed by atoms with Crippen LogP contribution in [-0.4, -0.2) is 60.8 Å². The van der Waals surface area contributed by atoms with E-state index >= 15 is 0 Å². The summed E-state index contributed by atoms with van der Waals surface area (Å²) in [5.74, 6) is -0.109. The van der Waals surface area contributed by atoms with Gasteiger partial charge in [-0.25, -0.2) is 13.1 Å². The van der Waals surface area contributed by atoms with Crippen LogP contribution in [0, 0.1) is 0 Å². The van der Waals surface area contributed by atoms with Crippen molar-refractivity contribution in [2.45, 2.75) is 36.6 Å². The van der Waals surface area contributed by atoms with Crippen LogP contribution < -0.4 is 20.1 Å². The van der Waals surface area contributed by atoms with Gasteiger partial charge in [0, 0.05) is 38.3 Å². The van der Waals surface area contributed by atoms with E-state index in [0.29, 0.717) is 26.2 Å². The van der Waals surface area contributed by atoms with Crippen LogP contribution in [0.1, 0.15) is 36.0 Å². The van der Waals surface area contributed by atoms with E-state index in [0.717, 1.165) is 25.7 Å². The Morgan fingerprint density at radius 2 is 1.86 bits per heavy atom. The molecule has 0 aliphatic heterocycles. The second-order valence-corrected chi connectivity index (χ2v) is 8.15. The number of carbonyl (C=O) groups excluding carboxylic acids is 1. The molecule has 1 aromatic rings. The molecule has 0 bridgehead atoms. The highest BCUT2D eigenvalue weighted by atomic mass is 35.5. The first-order valence-corrected chi connectivity index (χ1v) is 10.6. The van der Waals surface area contributed by atoms with E-state index in [9.17, 15) is 13.2 Å². The second kappa shape index (κ2) is 12.2. The Labute approximate surface area is 173 Å². The molecule has 8 nitrogen and oxygen atoms in total. The van der Waals surface area contributed by atoms with E-state index < -0.39 is 10.0 Å². The van der Waals surface area contributed by atoms with Crippen LogP contribution >= 0.6 is 12.4 Å². The Morgan fingerprint density at radius 1 is 1.14 bits per heavy atom. The molecule has 10 heteroatoms. The SMILES string of the molecule is COCCNCCNC(=O)c1ccc(OC)c(S(=O)(=O)NC2CCCC2)c1.Cl. The Kier molecular flexibility index (Phi) is 10.8. The number of carbonyl (C=O) groups is 1. The molecule has 1 saturated carbocycles. The molecule has 0 spiro atoms. The van der Waals surface area contributed by atoms with Crippen LogP contribution in [-0.2, 0) is 14.8 Å². The summed E-state index contributed by atoms with van der Waals surface area (Å²) in [5, 5.41) is 5.89. The molecule has 1 amide bonds. The minimum atomic E-state index is -3.76. The molecule has 160 valence electrons. The molecule has 0 saturated heterocycles. The van der Waals surface area contributed by atoms with E-state index in [1.807, 2.05) is 0 Å². The van der Waals surface area contributed by atoms with E-state index in [-0.39, 0.29) is 40.6 Å². The predicted octanol–water partition coefficient (Wildman–Crippen LogP) is 1.30. The third-order valence-corrected chi connectivity index (χ3v) is 6.00. The van der Waals surface area contributed by atoms with Gasteiger partial charge in [-0.15, -0.1) is 12.4 Å². The molecule has 3 N–H and O–H groups in total. The number of rotatable bonds is 11. The molecule has 28 heavy (non-hydrogen) atoms. The summed E-state index contributed by atoms with van der Waals surface area (Å²) in [6.07, 6.45) is 3.70. The van der Waals surface area contributed by atoms with Gasteiger partial charge in [0.25, 0.3) is 5.91 Å². The van der Waals surface area contributed by atoms with Crippen molar-refractivity contribution in [3.8, 4) is 5.75 Å². The third-order valence-electron chi connectivity index (χ3n) is 4.46. The van der Waals surface area contributed by atoms with Crippen molar-refractivity contribution in [1.29, 1.82) is 0 Å². The lowest BCUT2D eigenvalue weighted by molar-refractivity contribution is 0.0953. The lowest BCUT2D eigenvalue weighted by Crippen LogP contribution is -2.34. The summed E-state index contributed by atoms with van der Waals surface area (Å²) in [5.41, 5.74) is 0.277. The van der Waals surface area contributed by atoms with Crippen molar-refractivity contribution in [2.24, 2.45) is 0 Å². The number of nitrogens with one attached hydrogen (secondary N) is 3. The fraction of sp³-hybridized carbons (Fsp3) is 0.611. The quantitative estimate of drug-likeness (QED) is 0.452. The zero-order valence-corrected chi connectivity index (χ0v) is 18.0. The van der Waals surface area contributed by atoms with Crippen LogP contribution in [0.3, 0.4) is 0 Å². The highest BCUT2D eigenvalue weighted by Gasteiger charge is 2.26. The first-order valence-electron chi connectivity index (χ1n) is 9.16. The van der Waals surface area contributed by atoms with E-state index in [2.05, 4.69) is 15.4 Å². The Hall–Kier alpha value is -1.39. The van der Waals surface area contributed by atoms with Gasteiger partial charge in [0.1, 0.15) is 10.6 Å². The number of methoxy groups -OCH3 is 2. The highest BCUT2D eigenvalue weighted by Crippen LogP contribution is 2.27. The van der Waals surface area contributed by atoms with Gasteiger partial charge in [0.05, 0.1) is 13.7 Å². The molecular formula is C18H30ClN3O5S. The monoisotopic (exact) mass is 435 g/mol. The number of sulfonamides is 1. The van der Waals surface area contributed by atoms with Crippen molar-refractivity contribution in [2.75, 3.05) is 40.5 Å². The molecule has 1 aromatic carbocycles. The summed E-state index contributed by atoms with van der Waals surface area (Å²) in [4.78, 5) is 12.3. The zero-order chi connectivity index (χ0) is 19.7. The minimum absolute atomic E-state index is 0. The van der Waals surface area contributed by atoms with Crippen LogP contribution in [0.2, 0.25) is 0 Å². The van der Waals surface area contributed by atoms with Gasteiger partial charge in [-0.2, -0.15) is 0 Å². The summed E-state index contributed by atoms with van der Waals surface area (Å²) >= 11 is 0. The Morgan fingerprint density at radius 3 is 2.50 bits per heavy atom. The van der Waals surface area contributed by atoms with Crippen molar-refractivity contribution in [3.63, 3.8) is 0 Å². The van der Waals surface area contributed by atoms with Gasteiger partial charge in [-0.3, -0.25) is 4.79 Å². The van der Waals surface area contributed by atoms with Crippen LogP contribution in [0.5, 0.6) is 5.75 Å². The van der Waals surface area contributed by atoms with Gasteiger partial charge in [0.15, 0.2) is 0 Å². The third kappa shape index (κ3) is 7.21. The first-order chi connectivity index (χ1) is 13.0. The Bertz CT molecular complexity index is 724. The van der Waals surface area contributed by atoms with E-state index in [1.165, 1.54) is 19.2 Å². The number of halogens is 1. The zero-order valence-electron chi connectivity index (χ0n) is 16.3. The van der Waals surface area contributed by atoms with E-state index in [4.69, 9.17) is 9.47 Å². The van der Waals surface area contributed by atoms with Gasteiger partial charge in [0.2, 0.25) is 10.0 Å². The molecule has 0 heterocycles. The van der Waals surface area contributed by atoms with Crippen molar-refractivity contribution >= 4 is 28.3 Å². The van der Waals surface area contributed by atoms with Crippen LogP contribution in [0.15, 0.2) is 23.1 Å². The molecule has 0 unspecified atom stereocenters. The van der Waals surface area contributed by atoms with Gasteiger partial charge < -0.3 is 20.1 Å². The fourth-order valence-corrected chi connectivity index (χ4v) is 4.52. The number of ether oxygens (including phenoxy) is 2. The maximum atomic E-state index is 12.8. The summed E-state index contributed by atoms with van der Waals surface area (Å²) in [6.45, 7) is 2.32. The van der Waals surface area contributed by atoms with Crippen LogP contribution in [0.25, 0.3) is 0 Å². The Balaban J connectivity index is 0.00000392. The van der Waals surface area contributed by atoms with Crippen LogP contribution in [0.4, 0.5) is 0 Å². The van der Waals surface area contributed by atoms with Crippen molar-refractivity contribution in [3.05, 3.63) is 23.8 Å². The number of hydrogen-bond acceptors (Lipinski definition) is 6. The first kappa shape index (κ1) is 24.6. The predicted molar refractivity (Wildman–Crippen MR) is 110 cm³/mol. The summed E-state index contributed by atoms with van der Waals surface area (Å²) in [7, 11) is -0.722. The largest absolute Gasteiger partial charge is 0.495 e. The molecule has 1 aliphatic carbocycles. The smallest absolute Gasteiger partial charge is 0.251 e.